The molecule has 1 heterocycles. The number of ketones is 1. The van der Waals surface area contributed by atoms with E-state index in [0.29, 0.717) is 19.2 Å². The van der Waals surface area contributed by atoms with Gasteiger partial charge in [0.05, 0.1) is 13.2 Å². The third kappa shape index (κ3) is 5.14. The van der Waals surface area contributed by atoms with Crippen molar-refractivity contribution in [1.82, 2.24) is 4.90 Å². The second kappa shape index (κ2) is 8.21. The van der Waals surface area contributed by atoms with E-state index in [-0.39, 0.29) is 18.8 Å². The molecule has 0 saturated carbocycles. The van der Waals surface area contributed by atoms with E-state index in [2.05, 4.69) is 4.90 Å². The van der Waals surface area contributed by atoms with Crippen LogP contribution in [0.2, 0.25) is 0 Å². The van der Waals surface area contributed by atoms with Gasteiger partial charge in [-0.1, -0.05) is 0 Å². The zero-order valence-electron chi connectivity index (χ0n) is 11.1. The van der Waals surface area contributed by atoms with Gasteiger partial charge >= 0.3 is 5.97 Å². The summed E-state index contributed by atoms with van der Waals surface area (Å²) in [7, 11) is 0. The second-order valence-corrected chi connectivity index (χ2v) is 4.65. The first-order valence-corrected chi connectivity index (χ1v) is 6.69. The summed E-state index contributed by atoms with van der Waals surface area (Å²) in [5, 5.41) is 8.83. The fourth-order valence-corrected chi connectivity index (χ4v) is 2.41. The number of carbonyl (C=O) groups excluding carboxylic acids is 2. The summed E-state index contributed by atoms with van der Waals surface area (Å²) in [6.45, 7) is 3.48. The highest BCUT2D eigenvalue weighted by Gasteiger charge is 2.26. The Bertz CT molecular complexity index is 280. The molecule has 104 valence electrons. The molecule has 18 heavy (non-hydrogen) atoms. The molecule has 0 spiro atoms. The third-order valence-corrected chi connectivity index (χ3v) is 3.22. The van der Waals surface area contributed by atoms with Crippen LogP contribution in [-0.4, -0.2) is 54.1 Å². The van der Waals surface area contributed by atoms with E-state index in [1.54, 1.807) is 6.92 Å². The van der Waals surface area contributed by atoms with Crippen molar-refractivity contribution in [2.45, 2.75) is 45.1 Å². The highest BCUT2D eigenvalue weighted by atomic mass is 16.5. The molecule has 0 aliphatic carbocycles. The van der Waals surface area contributed by atoms with Crippen LogP contribution < -0.4 is 0 Å². The Labute approximate surface area is 108 Å². The third-order valence-electron chi connectivity index (χ3n) is 3.22. The van der Waals surface area contributed by atoms with Crippen LogP contribution in [0.4, 0.5) is 0 Å². The molecule has 5 nitrogen and oxygen atoms in total. The van der Waals surface area contributed by atoms with Crippen LogP contribution in [0.1, 0.15) is 39.0 Å². The van der Waals surface area contributed by atoms with Crippen LogP contribution in [0.25, 0.3) is 0 Å². The molecule has 1 aliphatic rings. The lowest BCUT2D eigenvalue weighted by Crippen LogP contribution is -2.35. The minimum absolute atomic E-state index is 0.0793. The lowest BCUT2D eigenvalue weighted by atomic mass is 10.1. The summed E-state index contributed by atoms with van der Waals surface area (Å²) in [5.74, 6) is -0.516. The van der Waals surface area contributed by atoms with Crippen molar-refractivity contribution in [3.63, 3.8) is 0 Å². The molecule has 0 aromatic heterocycles. The molecule has 1 atom stereocenters. The van der Waals surface area contributed by atoms with Gasteiger partial charge in [-0.25, -0.2) is 0 Å². The molecule has 1 rings (SSSR count). The lowest BCUT2D eigenvalue weighted by Gasteiger charge is -2.23. The van der Waals surface area contributed by atoms with E-state index >= 15 is 0 Å². The number of aliphatic hydroxyl groups is 1. The van der Waals surface area contributed by atoms with Crippen molar-refractivity contribution in [3.05, 3.63) is 0 Å². The van der Waals surface area contributed by atoms with Crippen molar-refractivity contribution >= 4 is 11.8 Å². The van der Waals surface area contributed by atoms with Gasteiger partial charge in [-0.3, -0.25) is 14.5 Å². The summed E-state index contributed by atoms with van der Waals surface area (Å²) in [5.41, 5.74) is 0. The van der Waals surface area contributed by atoms with E-state index in [9.17, 15) is 9.59 Å². The number of ether oxygens (including phenoxy) is 1. The van der Waals surface area contributed by atoms with Crippen molar-refractivity contribution in [2.24, 2.45) is 0 Å². The van der Waals surface area contributed by atoms with E-state index < -0.39 is 5.97 Å². The number of esters is 1. The fourth-order valence-electron chi connectivity index (χ4n) is 2.41. The van der Waals surface area contributed by atoms with Crippen LogP contribution in [-0.2, 0) is 14.3 Å². The predicted octanol–water partition coefficient (Wildman–Crippen LogP) is 0.746. The van der Waals surface area contributed by atoms with Crippen LogP contribution in [0.3, 0.4) is 0 Å². The SMILES string of the molecule is CCOC(=O)CC(=O)CN1CCCC1CCCO. The normalized spacial score (nSPS) is 20.0. The molecule has 1 unspecified atom stereocenters. The molecule has 0 aromatic carbocycles. The molecule has 1 aliphatic heterocycles. The number of carbonyl (C=O) groups is 2. The van der Waals surface area contributed by atoms with Crippen LogP contribution in [0.5, 0.6) is 0 Å². The molecule has 1 saturated heterocycles. The summed E-state index contributed by atoms with van der Waals surface area (Å²) in [4.78, 5) is 25.0. The molecule has 5 heteroatoms. The standard InChI is InChI=1S/C13H23NO4/c1-2-18-13(17)9-12(16)10-14-7-3-5-11(14)6-4-8-15/h11,15H,2-10H2,1H3. The van der Waals surface area contributed by atoms with Gasteiger partial charge in [-0.15, -0.1) is 0 Å². The summed E-state index contributed by atoms with van der Waals surface area (Å²) >= 11 is 0. The summed E-state index contributed by atoms with van der Waals surface area (Å²) in [6.07, 6.45) is 3.73. The van der Waals surface area contributed by atoms with Crippen molar-refractivity contribution in [3.8, 4) is 0 Å². The zero-order valence-corrected chi connectivity index (χ0v) is 11.1. The number of Topliss-reactive ketones (excluding diaryl/α,β-unsaturated/α-hetero) is 1. The second-order valence-electron chi connectivity index (χ2n) is 4.65. The van der Waals surface area contributed by atoms with Crippen LogP contribution in [0.15, 0.2) is 0 Å². The Morgan fingerprint density at radius 1 is 1.44 bits per heavy atom. The van der Waals surface area contributed by atoms with Crippen molar-refractivity contribution < 1.29 is 19.4 Å². The van der Waals surface area contributed by atoms with Gasteiger partial charge in [0.15, 0.2) is 5.78 Å². The first-order valence-electron chi connectivity index (χ1n) is 6.69. The maximum Gasteiger partial charge on any atom is 0.313 e. The van der Waals surface area contributed by atoms with Crippen molar-refractivity contribution in [2.75, 3.05) is 26.3 Å². The number of hydrogen-bond donors (Lipinski definition) is 1. The predicted molar refractivity (Wildman–Crippen MR) is 67.2 cm³/mol. The molecular weight excluding hydrogens is 234 g/mol. The monoisotopic (exact) mass is 257 g/mol. The Balaban J connectivity index is 2.31. The van der Waals surface area contributed by atoms with E-state index in [1.807, 2.05) is 0 Å². The van der Waals surface area contributed by atoms with Gasteiger partial charge in [0.2, 0.25) is 0 Å². The van der Waals surface area contributed by atoms with Gasteiger partial charge in [-0.05, 0) is 39.2 Å². The molecule has 1 N–H and O–H groups in total. The lowest BCUT2D eigenvalue weighted by molar-refractivity contribution is -0.145. The van der Waals surface area contributed by atoms with E-state index in [1.165, 1.54) is 0 Å². The minimum Gasteiger partial charge on any atom is -0.466 e. The average Bonchev–Trinajstić information content (AvgIpc) is 2.73. The number of rotatable bonds is 8. The fraction of sp³-hybridized carbons (Fsp3) is 0.846. The quantitative estimate of drug-likeness (QED) is 0.513. The van der Waals surface area contributed by atoms with Crippen LogP contribution >= 0.6 is 0 Å². The Hall–Kier alpha value is -0.940. The smallest absolute Gasteiger partial charge is 0.313 e. The van der Waals surface area contributed by atoms with Gasteiger partial charge in [0.1, 0.15) is 6.42 Å². The van der Waals surface area contributed by atoms with Gasteiger partial charge < -0.3 is 9.84 Å². The molecule has 0 radical (unpaired) electrons. The maximum absolute atomic E-state index is 11.7. The number of aliphatic hydroxyl groups excluding tert-OH is 1. The zero-order chi connectivity index (χ0) is 13.4. The Morgan fingerprint density at radius 3 is 2.89 bits per heavy atom. The first kappa shape index (κ1) is 15.1. The maximum atomic E-state index is 11.7. The number of hydrogen-bond acceptors (Lipinski definition) is 5. The van der Waals surface area contributed by atoms with E-state index in [0.717, 1.165) is 32.2 Å². The van der Waals surface area contributed by atoms with E-state index in [4.69, 9.17) is 9.84 Å². The highest BCUT2D eigenvalue weighted by molar-refractivity contribution is 5.96. The minimum atomic E-state index is -0.436. The molecule has 1 fully saturated rings. The van der Waals surface area contributed by atoms with Gasteiger partial charge in [0.25, 0.3) is 0 Å². The summed E-state index contributed by atoms with van der Waals surface area (Å²) < 4.78 is 4.76. The molecule has 0 amide bonds. The molecule has 0 aromatic rings. The molecule has 0 bridgehead atoms. The average molecular weight is 257 g/mol. The number of nitrogens with zero attached hydrogens (tertiary/aromatic N) is 1. The van der Waals surface area contributed by atoms with Crippen LogP contribution in [0, 0.1) is 0 Å². The summed E-state index contributed by atoms with van der Waals surface area (Å²) in [6, 6.07) is 0.378. The van der Waals surface area contributed by atoms with Gasteiger partial charge in [0, 0.05) is 12.6 Å². The number of likely N-dealkylation sites (tertiary alicyclic amines) is 1. The largest absolute Gasteiger partial charge is 0.466 e. The Morgan fingerprint density at radius 2 is 2.22 bits per heavy atom. The Kier molecular flexibility index (Phi) is 6.90. The topological polar surface area (TPSA) is 66.8 Å². The molecular formula is C13H23NO4. The highest BCUT2D eigenvalue weighted by Crippen LogP contribution is 2.21. The first-order chi connectivity index (χ1) is 8.67. The van der Waals surface area contributed by atoms with Gasteiger partial charge in [-0.2, -0.15) is 0 Å². The van der Waals surface area contributed by atoms with Crippen molar-refractivity contribution in [1.29, 1.82) is 0 Å².